The van der Waals surface area contributed by atoms with Gasteiger partial charge in [0.2, 0.25) is 11.8 Å². The number of piperidine rings is 2. The molecule has 4 aliphatic rings. The standard InChI is InChI=1S/C30H31N5O4/c31-18-30(12-13-30)20-1-3-21(4-2-20)32-14-9-19-10-15-34(16-11-19)22-5-6-23-24(17-22)29(39)35(28(23)38)25-7-8-26(36)33-27(25)37/h1-6,17,19,25,32H,7-16H2,(H,33,36,37). The number of nitriles is 1. The minimum absolute atomic E-state index is 0.106. The fourth-order valence-corrected chi connectivity index (χ4v) is 6.05. The van der Waals surface area contributed by atoms with E-state index in [1.807, 2.05) is 6.07 Å². The monoisotopic (exact) mass is 525 g/mol. The molecule has 4 amide bonds. The van der Waals surface area contributed by atoms with Gasteiger partial charge in [0.15, 0.2) is 0 Å². The van der Waals surface area contributed by atoms with Crippen LogP contribution in [0.4, 0.5) is 11.4 Å². The summed E-state index contributed by atoms with van der Waals surface area (Å²) in [7, 11) is 0. The van der Waals surface area contributed by atoms with E-state index in [4.69, 9.17) is 0 Å². The minimum Gasteiger partial charge on any atom is -0.385 e. The van der Waals surface area contributed by atoms with Crippen LogP contribution in [0.15, 0.2) is 42.5 Å². The average Bonchev–Trinajstić information content (AvgIpc) is 3.71. The zero-order valence-electron chi connectivity index (χ0n) is 21.7. The fourth-order valence-electron chi connectivity index (χ4n) is 6.05. The van der Waals surface area contributed by atoms with Crippen molar-refractivity contribution >= 4 is 35.0 Å². The van der Waals surface area contributed by atoms with Gasteiger partial charge in [-0.15, -0.1) is 0 Å². The van der Waals surface area contributed by atoms with Crippen LogP contribution in [0.1, 0.15) is 71.2 Å². The molecule has 39 heavy (non-hydrogen) atoms. The highest BCUT2D eigenvalue weighted by Crippen LogP contribution is 2.47. The highest BCUT2D eigenvalue weighted by Gasteiger charge is 2.45. The Morgan fingerprint density at radius 2 is 1.67 bits per heavy atom. The first-order valence-corrected chi connectivity index (χ1v) is 13.7. The predicted octanol–water partition coefficient (Wildman–Crippen LogP) is 3.36. The van der Waals surface area contributed by atoms with Crippen LogP contribution in [0.3, 0.4) is 0 Å². The third-order valence-corrected chi connectivity index (χ3v) is 8.69. The molecule has 2 saturated heterocycles. The van der Waals surface area contributed by atoms with Crippen molar-refractivity contribution < 1.29 is 19.2 Å². The number of carbonyl (C=O) groups is 4. The molecule has 1 aliphatic carbocycles. The molecule has 2 aromatic carbocycles. The lowest BCUT2D eigenvalue weighted by molar-refractivity contribution is -0.136. The summed E-state index contributed by atoms with van der Waals surface area (Å²) in [6.07, 6.45) is 5.31. The van der Waals surface area contributed by atoms with Gasteiger partial charge in [0, 0.05) is 37.4 Å². The first kappa shape index (κ1) is 25.1. The quantitative estimate of drug-likeness (QED) is 0.532. The lowest BCUT2D eigenvalue weighted by atomic mass is 9.93. The van der Waals surface area contributed by atoms with Crippen LogP contribution in [0.2, 0.25) is 0 Å². The summed E-state index contributed by atoms with van der Waals surface area (Å²) in [4.78, 5) is 53.1. The molecule has 1 unspecified atom stereocenters. The molecule has 0 bridgehead atoms. The molecule has 1 saturated carbocycles. The van der Waals surface area contributed by atoms with Crippen molar-refractivity contribution in [1.29, 1.82) is 5.26 Å². The largest absolute Gasteiger partial charge is 0.385 e. The summed E-state index contributed by atoms with van der Waals surface area (Å²) in [5.74, 6) is -1.33. The number of imide groups is 2. The second kappa shape index (κ2) is 9.84. The topological polar surface area (TPSA) is 123 Å². The van der Waals surface area contributed by atoms with E-state index in [0.29, 0.717) is 17.0 Å². The maximum absolute atomic E-state index is 13.1. The molecule has 0 radical (unpaired) electrons. The summed E-state index contributed by atoms with van der Waals surface area (Å²) in [5.41, 5.74) is 3.48. The van der Waals surface area contributed by atoms with Gasteiger partial charge < -0.3 is 10.2 Å². The van der Waals surface area contributed by atoms with Crippen LogP contribution in [0.5, 0.6) is 0 Å². The van der Waals surface area contributed by atoms with Crippen LogP contribution < -0.4 is 15.5 Å². The number of benzene rings is 2. The molecule has 3 heterocycles. The van der Waals surface area contributed by atoms with Crippen LogP contribution in [-0.2, 0) is 15.0 Å². The van der Waals surface area contributed by atoms with Crippen molar-refractivity contribution in [1.82, 2.24) is 10.2 Å². The smallest absolute Gasteiger partial charge is 0.262 e. The first-order valence-electron chi connectivity index (χ1n) is 13.7. The van der Waals surface area contributed by atoms with Crippen molar-refractivity contribution in [2.24, 2.45) is 5.92 Å². The second-order valence-corrected chi connectivity index (χ2v) is 11.1. The highest BCUT2D eigenvalue weighted by atomic mass is 16.2. The second-order valence-electron chi connectivity index (χ2n) is 11.1. The third kappa shape index (κ3) is 4.65. The number of nitrogens with zero attached hydrogens (tertiary/aromatic N) is 3. The summed E-state index contributed by atoms with van der Waals surface area (Å²) in [6.45, 7) is 2.62. The molecule has 2 N–H and O–H groups in total. The predicted molar refractivity (Wildman–Crippen MR) is 144 cm³/mol. The Morgan fingerprint density at radius 1 is 0.949 bits per heavy atom. The molecule has 1 atom stereocenters. The Kier molecular flexibility index (Phi) is 6.34. The van der Waals surface area contributed by atoms with Crippen molar-refractivity contribution in [2.45, 2.75) is 56.4 Å². The van der Waals surface area contributed by atoms with Gasteiger partial charge in [-0.1, -0.05) is 12.1 Å². The summed E-state index contributed by atoms with van der Waals surface area (Å²) in [6, 6.07) is 15.1. The Bertz CT molecular complexity index is 1380. The SMILES string of the molecule is N#CC1(c2ccc(NCCC3CCN(c4ccc5c(c4)C(=O)N(C4CCC(=O)NC4=O)C5=O)CC3)cc2)CC1. The van der Waals surface area contributed by atoms with E-state index >= 15 is 0 Å². The lowest BCUT2D eigenvalue weighted by Crippen LogP contribution is -2.54. The van der Waals surface area contributed by atoms with Gasteiger partial charge in [0.05, 0.1) is 22.6 Å². The molecule has 3 aliphatic heterocycles. The molecule has 0 spiro atoms. The maximum Gasteiger partial charge on any atom is 0.262 e. The van der Waals surface area contributed by atoms with E-state index in [1.54, 1.807) is 12.1 Å². The molecular weight excluding hydrogens is 494 g/mol. The van der Waals surface area contributed by atoms with Crippen LogP contribution in [0, 0.1) is 17.2 Å². The maximum atomic E-state index is 13.1. The van der Waals surface area contributed by atoms with E-state index in [2.05, 4.69) is 45.9 Å². The number of carbonyl (C=O) groups excluding carboxylic acids is 4. The number of nitrogens with one attached hydrogen (secondary N) is 2. The fraction of sp³-hybridized carbons (Fsp3) is 0.433. The molecule has 6 rings (SSSR count). The zero-order valence-corrected chi connectivity index (χ0v) is 21.7. The van der Waals surface area contributed by atoms with Crippen LogP contribution >= 0.6 is 0 Å². The Balaban J connectivity index is 1.01. The molecule has 3 fully saturated rings. The van der Waals surface area contributed by atoms with Gasteiger partial charge >= 0.3 is 0 Å². The number of hydrogen-bond acceptors (Lipinski definition) is 7. The van der Waals surface area contributed by atoms with Gasteiger partial charge in [-0.05, 0) is 80.3 Å². The zero-order chi connectivity index (χ0) is 27.1. The Labute approximate surface area is 227 Å². The summed E-state index contributed by atoms with van der Waals surface area (Å²) in [5, 5.41) is 15.1. The number of hydrogen-bond donors (Lipinski definition) is 2. The van der Waals surface area contributed by atoms with Crippen molar-refractivity contribution in [3.8, 4) is 6.07 Å². The normalized spacial score (nSPS) is 22.4. The van der Waals surface area contributed by atoms with Gasteiger partial charge in [-0.25, -0.2) is 0 Å². The lowest BCUT2D eigenvalue weighted by Gasteiger charge is -2.34. The number of amides is 4. The van der Waals surface area contributed by atoms with Gasteiger partial charge in [-0.3, -0.25) is 29.4 Å². The average molecular weight is 526 g/mol. The van der Waals surface area contributed by atoms with Gasteiger partial charge in [0.25, 0.3) is 11.8 Å². The van der Waals surface area contributed by atoms with Crippen molar-refractivity contribution in [2.75, 3.05) is 29.9 Å². The Morgan fingerprint density at radius 3 is 2.33 bits per heavy atom. The van der Waals surface area contributed by atoms with E-state index in [1.165, 1.54) is 0 Å². The molecular formula is C30H31N5O4. The minimum atomic E-state index is -0.951. The number of rotatable bonds is 7. The first-order chi connectivity index (χ1) is 18.9. The van der Waals surface area contributed by atoms with E-state index < -0.39 is 23.8 Å². The molecule has 2 aromatic rings. The van der Waals surface area contributed by atoms with E-state index in [9.17, 15) is 24.4 Å². The van der Waals surface area contributed by atoms with Gasteiger partial charge in [0.1, 0.15) is 6.04 Å². The number of fused-ring (bicyclic) bond motifs is 1. The van der Waals surface area contributed by atoms with Crippen molar-refractivity contribution in [3.63, 3.8) is 0 Å². The van der Waals surface area contributed by atoms with Crippen LogP contribution in [-0.4, -0.2) is 54.2 Å². The molecule has 9 nitrogen and oxygen atoms in total. The summed E-state index contributed by atoms with van der Waals surface area (Å²) < 4.78 is 0. The van der Waals surface area contributed by atoms with Crippen molar-refractivity contribution in [3.05, 3.63) is 59.2 Å². The van der Waals surface area contributed by atoms with Gasteiger partial charge in [-0.2, -0.15) is 5.26 Å². The molecule has 200 valence electrons. The van der Waals surface area contributed by atoms with E-state index in [-0.39, 0.29) is 24.2 Å². The Hall–Kier alpha value is -4.19. The number of anilines is 2. The molecule has 0 aromatic heterocycles. The third-order valence-electron chi connectivity index (χ3n) is 8.69. The molecule has 9 heteroatoms. The summed E-state index contributed by atoms with van der Waals surface area (Å²) >= 11 is 0. The highest BCUT2D eigenvalue weighted by molar-refractivity contribution is 6.23. The van der Waals surface area contributed by atoms with E-state index in [0.717, 1.165) is 73.6 Å². The van der Waals surface area contributed by atoms with Crippen LogP contribution in [0.25, 0.3) is 0 Å².